The van der Waals surface area contributed by atoms with Gasteiger partial charge in [-0.3, -0.25) is 4.79 Å². The number of para-hydroxylation sites is 1. The Morgan fingerprint density at radius 2 is 1.56 bits per heavy atom. The molecule has 2 aromatic heterocycles. The predicted octanol–water partition coefficient (Wildman–Crippen LogP) is 5.03. The summed E-state index contributed by atoms with van der Waals surface area (Å²) in [6, 6.07) is 18.0. The molecule has 1 aliphatic rings. The number of nitrogens with one attached hydrogen (secondary N) is 1. The number of carbonyl (C=O) groups excluding carboxylic acids is 1. The van der Waals surface area contributed by atoms with E-state index in [1.165, 1.54) is 24.4 Å². The molecule has 1 amide bonds. The van der Waals surface area contributed by atoms with Crippen LogP contribution in [0.4, 0.5) is 30.4 Å². The molecule has 0 atom stereocenters. The molecule has 2 N–H and O–H groups in total. The summed E-state index contributed by atoms with van der Waals surface area (Å²) in [5, 5.41) is 11.9. The van der Waals surface area contributed by atoms with Gasteiger partial charge in [-0.2, -0.15) is 13.2 Å². The Morgan fingerprint density at radius 3 is 2.21 bits per heavy atom. The zero-order valence-electron chi connectivity index (χ0n) is 20.4. The lowest BCUT2D eigenvalue weighted by Crippen LogP contribution is -2.47. The topological polar surface area (TPSA) is 112 Å². The second-order valence-electron chi connectivity index (χ2n) is 8.72. The molecule has 1 saturated heterocycles. The van der Waals surface area contributed by atoms with Gasteiger partial charge in [-0.1, -0.05) is 30.3 Å². The first-order valence-electron chi connectivity index (χ1n) is 11.9. The van der Waals surface area contributed by atoms with E-state index in [1.807, 2.05) is 9.80 Å². The molecule has 1 fully saturated rings. The number of alkyl halides is 3. The number of carboxylic acid groups (broad SMARTS) is 1. The number of piperazine rings is 1. The number of nitrogens with zero attached hydrogens (tertiary/aromatic N) is 4. The lowest BCUT2D eigenvalue weighted by Gasteiger charge is -2.37. The highest BCUT2D eigenvalue weighted by Gasteiger charge is 2.42. The number of carboxylic acids is 1. The number of benzene rings is 2. The molecule has 4 aromatic rings. The number of pyridine rings is 1. The number of anilines is 3. The fourth-order valence-electron chi connectivity index (χ4n) is 4.31. The molecule has 0 aliphatic carbocycles. The Kier molecular flexibility index (Phi) is 6.92. The number of carbonyl (C=O) groups is 2. The average Bonchev–Trinajstić information content (AvgIpc) is 3.41. The number of aromatic carboxylic acids is 1. The molecule has 0 spiro atoms. The molecule has 0 unspecified atom stereocenters. The molecule has 0 bridgehead atoms. The monoisotopic (exact) mass is 537 g/mol. The first-order chi connectivity index (χ1) is 18.7. The van der Waals surface area contributed by atoms with Crippen molar-refractivity contribution < 1.29 is 32.3 Å². The second-order valence-corrected chi connectivity index (χ2v) is 8.72. The van der Waals surface area contributed by atoms with Crippen LogP contribution in [0.5, 0.6) is 0 Å². The Morgan fingerprint density at radius 1 is 0.897 bits per heavy atom. The van der Waals surface area contributed by atoms with Crippen molar-refractivity contribution in [3.05, 3.63) is 89.9 Å². The quantitative estimate of drug-likeness (QED) is 0.352. The van der Waals surface area contributed by atoms with Crippen LogP contribution < -0.4 is 15.1 Å². The molecule has 200 valence electrons. The van der Waals surface area contributed by atoms with Crippen LogP contribution in [0.25, 0.3) is 11.5 Å². The molecular weight excluding hydrogens is 515 g/mol. The van der Waals surface area contributed by atoms with Gasteiger partial charge in [0.25, 0.3) is 5.91 Å². The van der Waals surface area contributed by atoms with E-state index in [1.54, 1.807) is 48.5 Å². The maximum Gasteiger partial charge on any atom is 0.452 e. The fourth-order valence-corrected chi connectivity index (χ4v) is 4.31. The van der Waals surface area contributed by atoms with Crippen molar-refractivity contribution in [2.45, 2.75) is 6.18 Å². The van der Waals surface area contributed by atoms with Crippen LogP contribution in [-0.2, 0) is 6.18 Å². The maximum atomic E-state index is 13.6. The van der Waals surface area contributed by atoms with Crippen LogP contribution in [0.1, 0.15) is 26.6 Å². The van der Waals surface area contributed by atoms with Crippen LogP contribution in [0.2, 0.25) is 0 Å². The summed E-state index contributed by atoms with van der Waals surface area (Å²) in [6.45, 7) is 2.28. The summed E-state index contributed by atoms with van der Waals surface area (Å²) >= 11 is 0. The smallest absolute Gasteiger partial charge is 0.452 e. The van der Waals surface area contributed by atoms with Crippen LogP contribution in [0.3, 0.4) is 0 Å². The van der Waals surface area contributed by atoms with E-state index in [4.69, 9.17) is 4.42 Å². The van der Waals surface area contributed by atoms with E-state index in [0.717, 1.165) is 0 Å². The number of halogens is 3. The van der Waals surface area contributed by atoms with Crippen molar-refractivity contribution >= 4 is 29.1 Å². The number of hydrogen-bond donors (Lipinski definition) is 2. The summed E-state index contributed by atoms with van der Waals surface area (Å²) in [5.41, 5.74) is 0.510. The van der Waals surface area contributed by atoms with Gasteiger partial charge in [0.1, 0.15) is 5.82 Å². The SMILES string of the molecule is O=C(O)c1ccccc1N1CCN(c2ccc(NC(=O)c3nc(-c4ccccc4)oc3C(F)(F)F)cn2)CC1. The van der Waals surface area contributed by atoms with Gasteiger partial charge in [-0.05, 0) is 36.4 Å². The minimum absolute atomic E-state index is 0.190. The third-order valence-electron chi connectivity index (χ3n) is 6.20. The van der Waals surface area contributed by atoms with Crippen LogP contribution in [0.15, 0.2) is 77.3 Å². The van der Waals surface area contributed by atoms with E-state index >= 15 is 0 Å². The lowest BCUT2D eigenvalue weighted by atomic mass is 10.1. The van der Waals surface area contributed by atoms with Crippen LogP contribution in [-0.4, -0.2) is 53.1 Å². The van der Waals surface area contributed by atoms with Crippen molar-refractivity contribution in [1.29, 1.82) is 0 Å². The Labute approximate surface area is 220 Å². The molecule has 12 heteroatoms. The molecule has 0 saturated carbocycles. The van der Waals surface area contributed by atoms with Gasteiger partial charge in [0, 0.05) is 31.7 Å². The minimum Gasteiger partial charge on any atom is -0.478 e. The third-order valence-corrected chi connectivity index (χ3v) is 6.20. The minimum atomic E-state index is -4.91. The predicted molar refractivity (Wildman–Crippen MR) is 137 cm³/mol. The number of aromatic nitrogens is 2. The Balaban J connectivity index is 1.26. The average molecular weight is 537 g/mol. The van der Waals surface area contributed by atoms with Gasteiger partial charge >= 0.3 is 12.1 Å². The molecule has 1 aliphatic heterocycles. The van der Waals surface area contributed by atoms with Gasteiger partial charge in [0.15, 0.2) is 5.69 Å². The highest BCUT2D eigenvalue weighted by molar-refractivity contribution is 6.04. The van der Waals surface area contributed by atoms with E-state index in [2.05, 4.69) is 15.3 Å². The van der Waals surface area contributed by atoms with Crippen molar-refractivity contribution in [3.63, 3.8) is 0 Å². The zero-order chi connectivity index (χ0) is 27.6. The number of rotatable bonds is 6. The summed E-state index contributed by atoms with van der Waals surface area (Å²) in [4.78, 5) is 36.4. The van der Waals surface area contributed by atoms with Gasteiger partial charge in [0.05, 0.1) is 23.1 Å². The largest absolute Gasteiger partial charge is 0.478 e. The summed E-state index contributed by atoms with van der Waals surface area (Å²) < 4.78 is 45.6. The molecule has 39 heavy (non-hydrogen) atoms. The van der Waals surface area contributed by atoms with Crippen molar-refractivity contribution in [1.82, 2.24) is 9.97 Å². The zero-order valence-corrected chi connectivity index (χ0v) is 20.4. The van der Waals surface area contributed by atoms with Crippen LogP contribution in [0, 0.1) is 0 Å². The molecule has 3 heterocycles. The molecule has 5 rings (SSSR count). The van der Waals surface area contributed by atoms with Crippen molar-refractivity contribution in [2.24, 2.45) is 0 Å². The summed E-state index contributed by atoms with van der Waals surface area (Å²) in [5.74, 6) is -3.24. The maximum absolute atomic E-state index is 13.6. The van der Waals surface area contributed by atoms with Gasteiger partial charge in [-0.25, -0.2) is 14.8 Å². The Bertz CT molecular complexity index is 1480. The summed E-state index contributed by atoms with van der Waals surface area (Å²) in [7, 11) is 0. The summed E-state index contributed by atoms with van der Waals surface area (Å²) in [6.07, 6.45) is -3.56. The lowest BCUT2D eigenvalue weighted by molar-refractivity contribution is -0.153. The molecule has 0 radical (unpaired) electrons. The number of hydrogen-bond acceptors (Lipinski definition) is 7. The Hall–Kier alpha value is -4.87. The van der Waals surface area contributed by atoms with E-state index in [9.17, 15) is 27.9 Å². The first-order valence-corrected chi connectivity index (χ1v) is 11.9. The van der Waals surface area contributed by atoms with Gasteiger partial charge < -0.3 is 24.6 Å². The number of oxazole rings is 1. The fraction of sp³-hybridized carbons (Fsp3) is 0.185. The van der Waals surface area contributed by atoms with Crippen LogP contribution >= 0.6 is 0 Å². The van der Waals surface area contributed by atoms with E-state index in [-0.39, 0.29) is 17.1 Å². The van der Waals surface area contributed by atoms with E-state index in [0.29, 0.717) is 43.2 Å². The highest BCUT2D eigenvalue weighted by atomic mass is 19.4. The highest BCUT2D eigenvalue weighted by Crippen LogP contribution is 2.35. The second kappa shape index (κ2) is 10.5. The van der Waals surface area contributed by atoms with Crippen molar-refractivity contribution in [3.8, 4) is 11.5 Å². The molecular formula is C27H22F3N5O4. The normalized spacial score (nSPS) is 13.8. The first kappa shape index (κ1) is 25.8. The third kappa shape index (κ3) is 5.54. The molecule has 9 nitrogen and oxygen atoms in total. The molecule has 2 aromatic carbocycles. The standard InChI is InChI=1S/C27H22F3N5O4/c28-27(29,30)23-22(33-25(39-23)17-6-2-1-3-7-17)24(36)32-18-10-11-21(31-16-18)35-14-12-34(13-15-35)20-9-5-4-8-19(20)26(37)38/h1-11,16H,12-15H2,(H,32,36)(H,37,38). The number of amides is 1. The van der Waals surface area contributed by atoms with E-state index < -0.39 is 29.5 Å². The van der Waals surface area contributed by atoms with Gasteiger partial charge in [-0.15, -0.1) is 0 Å². The van der Waals surface area contributed by atoms with Crippen molar-refractivity contribution in [2.75, 3.05) is 41.3 Å². The van der Waals surface area contributed by atoms with Gasteiger partial charge in [0.2, 0.25) is 11.7 Å².